The summed E-state index contributed by atoms with van der Waals surface area (Å²) in [6, 6.07) is 1.98. The first kappa shape index (κ1) is 13.8. The third-order valence-electron chi connectivity index (χ3n) is 3.39. The van der Waals surface area contributed by atoms with Crippen LogP contribution in [0, 0.1) is 5.92 Å². The molecule has 1 aromatic heterocycles. The number of amides is 1. The first-order chi connectivity index (χ1) is 8.70. The monoisotopic (exact) mass is 330 g/mol. The van der Waals surface area contributed by atoms with Crippen molar-refractivity contribution in [3.8, 4) is 0 Å². The highest BCUT2D eigenvalue weighted by Crippen LogP contribution is 2.25. The Labute approximate surface area is 120 Å². The molecule has 2 unspecified atom stereocenters. The van der Waals surface area contributed by atoms with Crippen molar-refractivity contribution in [2.75, 3.05) is 5.88 Å². The number of hydrogen-bond donors (Lipinski definition) is 1. The first-order valence-corrected chi connectivity index (χ1v) is 7.51. The van der Waals surface area contributed by atoms with E-state index in [1.165, 1.54) is 6.42 Å². The van der Waals surface area contributed by atoms with Gasteiger partial charge in [-0.05, 0) is 40.8 Å². The minimum absolute atomic E-state index is 0.0641. The van der Waals surface area contributed by atoms with E-state index >= 15 is 0 Å². The molecule has 0 radical (unpaired) electrons. The van der Waals surface area contributed by atoms with Crippen LogP contribution in [0.1, 0.15) is 36.0 Å². The summed E-state index contributed by atoms with van der Waals surface area (Å²) in [6.07, 6.45) is 7.74. The number of carbonyl (C=O) groups excluding carboxylic acids is 1. The normalized spacial score (nSPS) is 23.7. The standard InChI is InChI=1S/C13H16BrClN2O/c14-11-5-10(7-16-8-11)13(18)17-12-4-2-1-3-9(12)6-15/h5,7-9,12H,1-4,6H2,(H,17,18). The molecule has 0 bridgehead atoms. The molecule has 1 saturated carbocycles. The van der Waals surface area contributed by atoms with E-state index in [0.29, 0.717) is 17.4 Å². The molecule has 1 aliphatic rings. The lowest BCUT2D eigenvalue weighted by Crippen LogP contribution is -2.42. The van der Waals surface area contributed by atoms with Crippen LogP contribution in [0.5, 0.6) is 0 Å². The van der Waals surface area contributed by atoms with Gasteiger partial charge in [-0.1, -0.05) is 12.8 Å². The molecular weight excluding hydrogens is 316 g/mol. The molecule has 3 nitrogen and oxygen atoms in total. The molecule has 0 aliphatic heterocycles. The zero-order chi connectivity index (χ0) is 13.0. The zero-order valence-corrected chi connectivity index (χ0v) is 12.4. The molecule has 1 fully saturated rings. The summed E-state index contributed by atoms with van der Waals surface area (Å²) < 4.78 is 0.813. The third kappa shape index (κ3) is 3.45. The van der Waals surface area contributed by atoms with Gasteiger partial charge in [0.15, 0.2) is 0 Å². The van der Waals surface area contributed by atoms with Gasteiger partial charge in [-0.15, -0.1) is 11.6 Å². The average molecular weight is 332 g/mol. The average Bonchev–Trinajstić information content (AvgIpc) is 2.39. The number of carbonyl (C=O) groups is 1. The van der Waals surface area contributed by atoms with Crippen LogP contribution in [0.2, 0.25) is 0 Å². The van der Waals surface area contributed by atoms with Gasteiger partial charge in [0, 0.05) is 28.8 Å². The van der Waals surface area contributed by atoms with Gasteiger partial charge in [-0.25, -0.2) is 0 Å². The van der Waals surface area contributed by atoms with E-state index in [1.54, 1.807) is 18.5 Å². The van der Waals surface area contributed by atoms with E-state index in [4.69, 9.17) is 11.6 Å². The molecule has 0 spiro atoms. The summed E-state index contributed by atoms with van der Waals surface area (Å²) in [5.74, 6) is 0.942. The van der Waals surface area contributed by atoms with E-state index < -0.39 is 0 Å². The van der Waals surface area contributed by atoms with Crippen LogP contribution in [0.15, 0.2) is 22.9 Å². The van der Waals surface area contributed by atoms with Crippen molar-refractivity contribution in [2.45, 2.75) is 31.7 Å². The summed E-state index contributed by atoms with van der Waals surface area (Å²) in [6.45, 7) is 0. The number of aromatic nitrogens is 1. The molecule has 5 heteroatoms. The SMILES string of the molecule is O=C(NC1CCCCC1CCl)c1cncc(Br)c1. The fourth-order valence-electron chi connectivity index (χ4n) is 2.37. The second-order valence-electron chi connectivity index (χ2n) is 4.67. The Morgan fingerprint density at radius 3 is 2.94 bits per heavy atom. The Morgan fingerprint density at radius 1 is 1.44 bits per heavy atom. The maximum Gasteiger partial charge on any atom is 0.253 e. The van der Waals surface area contributed by atoms with Crippen LogP contribution in [-0.2, 0) is 0 Å². The van der Waals surface area contributed by atoms with Crippen LogP contribution >= 0.6 is 27.5 Å². The Bertz CT molecular complexity index is 427. The lowest BCUT2D eigenvalue weighted by Gasteiger charge is -2.30. The minimum Gasteiger partial charge on any atom is -0.349 e. The Morgan fingerprint density at radius 2 is 2.22 bits per heavy atom. The van der Waals surface area contributed by atoms with Crippen LogP contribution < -0.4 is 5.32 Å². The van der Waals surface area contributed by atoms with E-state index in [0.717, 1.165) is 23.7 Å². The number of halogens is 2. The minimum atomic E-state index is -0.0641. The van der Waals surface area contributed by atoms with Crippen molar-refractivity contribution in [3.63, 3.8) is 0 Å². The molecule has 1 N–H and O–H groups in total. The van der Waals surface area contributed by atoms with Crippen molar-refractivity contribution < 1.29 is 4.79 Å². The summed E-state index contributed by atoms with van der Waals surface area (Å²) in [5, 5.41) is 3.08. The van der Waals surface area contributed by atoms with Gasteiger partial charge in [0.05, 0.1) is 5.56 Å². The number of rotatable bonds is 3. The van der Waals surface area contributed by atoms with Crippen molar-refractivity contribution in [1.29, 1.82) is 0 Å². The largest absolute Gasteiger partial charge is 0.349 e. The van der Waals surface area contributed by atoms with Gasteiger partial charge in [0.1, 0.15) is 0 Å². The molecule has 1 amide bonds. The second kappa shape index (κ2) is 6.53. The fourth-order valence-corrected chi connectivity index (χ4v) is 3.10. The van der Waals surface area contributed by atoms with E-state index in [-0.39, 0.29) is 11.9 Å². The van der Waals surface area contributed by atoms with Gasteiger partial charge in [0.25, 0.3) is 5.91 Å². The van der Waals surface area contributed by atoms with Crippen molar-refractivity contribution in [2.24, 2.45) is 5.92 Å². The number of nitrogens with zero attached hydrogens (tertiary/aromatic N) is 1. The lowest BCUT2D eigenvalue weighted by molar-refractivity contribution is 0.0910. The topological polar surface area (TPSA) is 42.0 Å². The third-order valence-corrected chi connectivity index (χ3v) is 4.22. The van der Waals surface area contributed by atoms with E-state index in [1.807, 2.05) is 0 Å². The highest BCUT2D eigenvalue weighted by atomic mass is 79.9. The van der Waals surface area contributed by atoms with Gasteiger partial charge in [0.2, 0.25) is 0 Å². The predicted molar refractivity (Wildman–Crippen MR) is 75.9 cm³/mol. The predicted octanol–water partition coefficient (Wildman–Crippen LogP) is 3.37. The summed E-state index contributed by atoms with van der Waals surface area (Å²) >= 11 is 9.28. The quantitative estimate of drug-likeness (QED) is 0.863. The number of nitrogens with one attached hydrogen (secondary N) is 1. The number of pyridine rings is 1. The van der Waals surface area contributed by atoms with Crippen molar-refractivity contribution in [3.05, 3.63) is 28.5 Å². The van der Waals surface area contributed by atoms with Gasteiger partial charge in [-0.2, -0.15) is 0 Å². The molecular formula is C13H16BrClN2O. The maximum absolute atomic E-state index is 12.1. The Balaban J connectivity index is 2.02. The molecule has 2 atom stereocenters. The van der Waals surface area contributed by atoms with Crippen molar-refractivity contribution in [1.82, 2.24) is 10.3 Å². The first-order valence-electron chi connectivity index (χ1n) is 6.18. The van der Waals surface area contributed by atoms with Crippen LogP contribution in [0.25, 0.3) is 0 Å². The van der Waals surface area contributed by atoms with Crippen LogP contribution in [0.4, 0.5) is 0 Å². The maximum atomic E-state index is 12.1. The molecule has 18 heavy (non-hydrogen) atoms. The highest BCUT2D eigenvalue weighted by molar-refractivity contribution is 9.10. The molecule has 1 aliphatic carbocycles. The lowest BCUT2D eigenvalue weighted by atomic mass is 9.85. The molecule has 0 saturated heterocycles. The second-order valence-corrected chi connectivity index (χ2v) is 5.89. The molecule has 98 valence electrons. The summed E-state index contributed by atoms with van der Waals surface area (Å²) in [7, 11) is 0. The molecule has 1 aromatic rings. The van der Waals surface area contributed by atoms with E-state index in [9.17, 15) is 4.79 Å². The zero-order valence-electron chi connectivity index (χ0n) is 10.0. The molecule has 1 heterocycles. The molecule has 2 rings (SSSR count). The van der Waals surface area contributed by atoms with Gasteiger partial charge in [-0.3, -0.25) is 9.78 Å². The van der Waals surface area contributed by atoms with Crippen molar-refractivity contribution >= 4 is 33.4 Å². The fraction of sp³-hybridized carbons (Fsp3) is 0.538. The molecule has 0 aromatic carbocycles. The van der Waals surface area contributed by atoms with E-state index in [2.05, 4.69) is 26.2 Å². The Hall–Kier alpha value is -0.610. The highest BCUT2D eigenvalue weighted by Gasteiger charge is 2.26. The summed E-state index contributed by atoms with van der Waals surface area (Å²) in [5.41, 5.74) is 0.586. The summed E-state index contributed by atoms with van der Waals surface area (Å²) in [4.78, 5) is 16.1. The number of alkyl halides is 1. The smallest absolute Gasteiger partial charge is 0.253 e. The number of hydrogen-bond acceptors (Lipinski definition) is 2. The van der Waals surface area contributed by atoms with Gasteiger partial charge < -0.3 is 5.32 Å². The van der Waals surface area contributed by atoms with Gasteiger partial charge >= 0.3 is 0 Å². The van der Waals surface area contributed by atoms with Crippen LogP contribution in [0.3, 0.4) is 0 Å². The Kier molecular flexibility index (Phi) is 5.01. The van der Waals surface area contributed by atoms with Crippen LogP contribution in [-0.4, -0.2) is 22.8 Å².